The van der Waals surface area contributed by atoms with Crippen LogP contribution in [0.25, 0.3) is 11.3 Å². The molecule has 0 saturated carbocycles. The summed E-state index contributed by atoms with van der Waals surface area (Å²) in [6, 6.07) is 4.04. The summed E-state index contributed by atoms with van der Waals surface area (Å²) < 4.78 is 6.90. The summed E-state index contributed by atoms with van der Waals surface area (Å²) in [7, 11) is 2.00. The van der Waals surface area contributed by atoms with Crippen molar-refractivity contribution in [3.63, 3.8) is 0 Å². The monoisotopic (exact) mass is 162 g/mol. The molecule has 0 aliphatic rings. The molecule has 3 nitrogen and oxygen atoms in total. The van der Waals surface area contributed by atoms with Crippen LogP contribution in [-0.4, -0.2) is 9.72 Å². The summed E-state index contributed by atoms with van der Waals surface area (Å²) in [6.07, 6.45) is 3.67. The van der Waals surface area contributed by atoms with E-state index in [4.69, 9.17) is 4.52 Å². The second kappa shape index (κ2) is 2.52. The first-order valence-corrected chi connectivity index (χ1v) is 3.81. The molecule has 0 amide bonds. The van der Waals surface area contributed by atoms with E-state index in [-0.39, 0.29) is 0 Å². The molecule has 0 spiro atoms. The van der Waals surface area contributed by atoms with Crippen LogP contribution in [0.3, 0.4) is 0 Å². The van der Waals surface area contributed by atoms with Crippen molar-refractivity contribution in [1.82, 2.24) is 9.72 Å². The van der Waals surface area contributed by atoms with Crippen molar-refractivity contribution in [3.8, 4) is 11.3 Å². The SMILES string of the molecule is Cc1nocc1-c1cccn1C. The van der Waals surface area contributed by atoms with Gasteiger partial charge in [-0.1, -0.05) is 5.16 Å². The molecule has 0 fully saturated rings. The van der Waals surface area contributed by atoms with Gasteiger partial charge in [0.15, 0.2) is 0 Å². The summed E-state index contributed by atoms with van der Waals surface area (Å²) in [5, 5.41) is 3.83. The first-order valence-electron chi connectivity index (χ1n) is 3.81. The number of hydrogen-bond donors (Lipinski definition) is 0. The smallest absolute Gasteiger partial charge is 0.133 e. The van der Waals surface area contributed by atoms with Crippen LogP contribution in [0.1, 0.15) is 5.69 Å². The number of aromatic nitrogens is 2. The Morgan fingerprint density at radius 3 is 2.83 bits per heavy atom. The topological polar surface area (TPSA) is 31.0 Å². The predicted molar refractivity (Wildman–Crippen MR) is 45.6 cm³/mol. The Hall–Kier alpha value is -1.51. The molecule has 2 aromatic rings. The third-order valence-corrected chi connectivity index (χ3v) is 1.97. The average Bonchev–Trinajstić information content (AvgIpc) is 2.59. The van der Waals surface area contributed by atoms with Gasteiger partial charge in [-0.3, -0.25) is 0 Å². The van der Waals surface area contributed by atoms with Gasteiger partial charge in [-0.2, -0.15) is 0 Å². The lowest BCUT2D eigenvalue weighted by Gasteiger charge is -1.98. The summed E-state index contributed by atoms with van der Waals surface area (Å²) >= 11 is 0. The predicted octanol–water partition coefficient (Wildman–Crippen LogP) is 1.99. The Kier molecular flexibility index (Phi) is 1.50. The van der Waals surface area contributed by atoms with Crippen LogP contribution in [0.15, 0.2) is 29.1 Å². The maximum atomic E-state index is 4.86. The van der Waals surface area contributed by atoms with Crippen LogP contribution in [0, 0.1) is 6.92 Å². The summed E-state index contributed by atoms with van der Waals surface area (Å²) in [4.78, 5) is 0. The van der Waals surface area contributed by atoms with E-state index in [1.54, 1.807) is 6.26 Å². The molecule has 2 aromatic heterocycles. The van der Waals surface area contributed by atoms with E-state index in [0.29, 0.717) is 0 Å². The molecule has 2 rings (SSSR count). The van der Waals surface area contributed by atoms with Crippen molar-refractivity contribution in [2.24, 2.45) is 7.05 Å². The van der Waals surface area contributed by atoms with Gasteiger partial charge in [-0.05, 0) is 19.1 Å². The molecule has 0 saturated heterocycles. The van der Waals surface area contributed by atoms with Crippen LogP contribution in [-0.2, 0) is 7.05 Å². The fraction of sp³-hybridized carbons (Fsp3) is 0.222. The van der Waals surface area contributed by atoms with E-state index >= 15 is 0 Å². The maximum absolute atomic E-state index is 4.86. The number of aryl methyl sites for hydroxylation is 2. The standard InChI is InChI=1S/C9H10N2O/c1-7-8(6-12-10-7)9-4-3-5-11(9)2/h3-6H,1-2H3. The highest BCUT2D eigenvalue weighted by Crippen LogP contribution is 2.21. The molecular weight excluding hydrogens is 152 g/mol. The Bertz CT molecular complexity index is 348. The largest absolute Gasteiger partial charge is 0.364 e. The summed E-state index contributed by atoms with van der Waals surface area (Å²) in [5.74, 6) is 0. The molecule has 3 heteroatoms. The van der Waals surface area contributed by atoms with Gasteiger partial charge in [-0.25, -0.2) is 0 Å². The molecule has 12 heavy (non-hydrogen) atoms. The third kappa shape index (κ3) is 0.942. The molecule has 0 atom stereocenters. The Balaban J connectivity index is 2.57. The molecule has 2 heterocycles. The van der Waals surface area contributed by atoms with E-state index in [1.165, 1.54) is 0 Å². The highest BCUT2D eigenvalue weighted by Gasteiger charge is 2.07. The Morgan fingerprint density at radius 2 is 2.33 bits per heavy atom. The van der Waals surface area contributed by atoms with Gasteiger partial charge in [0.25, 0.3) is 0 Å². The zero-order valence-electron chi connectivity index (χ0n) is 7.11. The lowest BCUT2D eigenvalue weighted by molar-refractivity contribution is 0.415. The zero-order chi connectivity index (χ0) is 8.55. The van der Waals surface area contributed by atoms with Crippen molar-refractivity contribution in [2.45, 2.75) is 6.92 Å². The molecule has 0 bridgehead atoms. The summed E-state index contributed by atoms with van der Waals surface area (Å²) in [5.41, 5.74) is 3.12. The first kappa shape index (κ1) is 7.16. The molecule has 0 N–H and O–H groups in total. The minimum absolute atomic E-state index is 0.928. The van der Waals surface area contributed by atoms with Crippen LogP contribution in [0.2, 0.25) is 0 Å². The molecular formula is C9H10N2O. The van der Waals surface area contributed by atoms with E-state index < -0.39 is 0 Å². The normalized spacial score (nSPS) is 10.5. The van der Waals surface area contributed by atoms with E-state index in [1.807, 2.05) is 36.9 Å². The number of rotatable bonds is 1. The average molecular weight is 162 g/mol. The zero-order valence-corrected chi connectivity index (χ0v) is 7.11. The highest BCUT2D eigenvalue weighted by atomic mass is 16.5. The van der Waals surface area contributed by atoms with Crippen molar-refractivity contribution < 1.29 is 4.52 Å². The van der Waals surface area contributed by atoms with E-state index in [9.17, 15) is 0 Å². The highest BCUT2D eigenvalue weighted by molar-refractivity contribution is 5.60. The minimum atomic E-state index is 0.928. The molecule has 0 aliphatic carbocycles. The van der Waals surface area contributed by atoms with Crippen molar-refractivity contribution >= 4 is 0 Å². The van der Waals surface area contributed by atoms with Crippen LogP contribution in [0.5, 0.6) is 0 Å². The quantitative estimate of drug-likeness (QED) is 0.642. The minimum Gasteiger partial charge on any atom is -0.364 e. The molecule has 0 unspecified atom stereocenters. The molecule has 0 aromatic carbocycles. The van der Waals surface area contributed by atoms with Crippen LogP contribution in [0.4, 0.5) is 0 Å². The van der Waals surface area contributed by atoms with Gasteiger partial charge >= 0.3 is 0 Å². The molecule has 0 aliphatic heterocycles. The maximum Gasteiger partial charge on any atom is 0.133 e. The van der Waals surface area contributed by atoms with Crippen LogP contribution < -0.4 is 0 Å². The van der Waals surface area contributed by atoms with E-state index in [0.717, 1.165) is 17.0 Å². The lowest BCUT2D eigenvalue weighted by atomic mass is 10.2. The first-order chi connectivity index (χ1) is 5.79. The number of nitrogens with zero attached hydrogens (tertiary/aromatic N) is 2. The number of hydrogen-bond acceptors (Lipinski definition) is 2. The van der Waals surface area contributed by atoms with Gasteiger partial charge in [0, 0.05) is 13.2 Å². The summed E-state index contributed by atoms with van der Waals surface area (Å²) in [6.45, 7) is 1.94. The van der Waals surface area contributed by atoms with E-state index in [2.05, 4.69) is 5.16 Å². The lowest BCUT2D eigenvalue weighted by Crippen LogP contribution is -1.89. The van der Waals surface area contributed by atoms with Gasteiger partial charge in [0.1, 0.15) is 6.26 Å². The van der Waals surface area contributed by atoms with Crippen molar-refractivity contribution in [2.75, 3.05) is 0 Å². The fourth-order valence-electron chi connectivity index (χ4n) is 1.28. The van der Waals surface area contributed by atoms with Crippen molar-refractivity contribution in [3.05, 3.63) is 30.3 Å². The van der Waals surface area contributed by atoms with Gasteiger partial charge in [-0.15, -0.1) is 0 Å². The molecule has 0 radical (unpaired) electrons. The second-order valence-corrected chi connectivity index (χ2v) is 2.82. The third-order valence-electron chi connectivity index (χ3n) is 1.97. The Morgan fingerprint density at radius 1 is 1.50 bits per heavy atom. The van der Waals surface area contributed by atoms with Crippen LogP contribution >= 0.6 is 0 Å². The fourth-order valence-corrected chi connectivity index (χ4v) is 1.28. The van der Waals surface area contributed by atoms with Gasteiger partial charge in [0.2, 0.25) is 0 Å². The molecule has 62 valence electrons. The van der Waals surface area contributed by atoms with Gasteiger partial charge in [0.05, 0.1) is 17.0 Å². The second-order valence-electron chi connectivity index (χ2n) is 2.82. The van der Waals surface area contributed by atoms with Crippen molar-refractivity contribution in [1.29, 1.82) is 0 Å². The van der Waals surface area contributed by atoms with Gasteiger partial charge < -0.3 is 9.09 Å². The Labute approximate surface area is 70.6 Å².